The largest absolute Gasteiger partial charge is 0.392 e. The van der Waals surface area contributed by atoms with Crippen LogP contribution in [-0.4, -0.2) is 10.1 Å². The number of nitrogens with one attached hydrogen (secondary N) is 1. The number of aromatic amines is 1. The standard InChI is InChI=1S/C12H11ClFNO/c1-7-8(6-16)4-12(15-7)10-5-9(13)2-3-11(10)14/h2-5,15-16H,6H2,1H3. The van der Waals surface area contributed by atoms with Gasteiger partial charge in [0.05, 0.1) is 6.61 Å². The van der Waals surface area contributed by atoms with Crippen molar-refractivity contribution < 1.29 is 9.50 Å². The number of aromatic nitrogens is 1. The van der Waals surface area contributed by atoms with Gasteiger partial charge in [-0.1, -0.05) is 11.6 Å². The molecule has 0 aliphatic heterocycles. The number of aryl methyl sites for hydroxylation is 1. The van der Waals surface area contributed by atoms with E-state index in [4.69, 9.17) is 16.7 Å². The third kappa shape index (κ3) is 1.96. The summed E-state index contributed by atoms with van der Waals surface area (Å²) in [6.45, 7) is 1.77. The molecule has 1 aromatic heterocycles. The fraction of sp³-hybridized carbons (Fsp3) is 0.167. The lowest BCUT2D eigenvalue weighted by molar-refractivity contribution is 0.281. The van der Waals surface area contributed by atoms with Crippen LogP contribution in [0.1, 0.15) is 11.3 Å². The van der Waals surface area contributed by atoms with Crippen molar-refractivity contribution in [3.8, 4) is 11.3 Å². The molecule has 0 saturated carbocycles. The van der Waals surface area contributed by atoms with Gasteiger partial charge in [0, 0.05) is 22.0 Å². The fourth-order valence-electron chi connectivity index (χ4n) is 1.61. The Hall–Kier alpha value is -1.32. The third-order valence-electron chi connectivity index (χ3n) is 2.51. The van der Waals surface area contributed by atoms with E-state index in [-0.39, 0.29) is 12.4 Å². The molecule has 2 N–H and O–H groups in total. The Bertz CT molecular complexity index is 522. The minimum absolute atomic E-state index is 0.0650. The Kier molecular flexibility index (Phi) is 2.99. The number of aliphatic hydroxyl groups is 1. The van der Waals surface area contributed by atoms with Crippen molar-refractivity contribution >= 4 is 11.6 Å². The molecule has 4 heteroatoms. The van der Waals surface area contributed by atoms with Gasteiger partial charge in [0.1, 0.15) is 5.82 Å². The molecule has 0 amide bonds. The SMILES string of the molecule is Cc1[nH]c(-c2cc(Cl)ccc2F)cc1CO. The predicted octanol–water partition coefficient (Wildman–Crippen LogP) is 3.27. The molecule has 2 nitrogen and oxygen atoms in total. The Morgan fingerprint density at radius 1 is 1.38 bits per heavy atom. The second kappa shape index (κ2) is 4.28. The maximum absolute atomic E-state index is 13.6. The van der Waals surface area contributed by atoms with E-state index in [0.29, 0.717) is 16.3 Å². The van der Waals surface area contributed by atoms with Crippen molar-refractivity contribution in [3.05, 3.63) is 46.4 Å². The maximum Gasteiger partial charge on any atom is 0.132 e. The van der Waals surface area contributed by atoms with Crippen molar-refractivity contribution in [2.45, 2.75) is 13.5 Å². The number of hydrogen-bond acceptors (Lipinski definition) is 1. The van der Waals surface area contributed by atoms with Crippen molar-refractivity contribution in [2.75, 3.05) is 0 Å². The number of rotatable bonds is 2. The van der Waals surface area contributed by atoms with Crippen LogP contribution in [0.3, 0.4) is 0 Å². The van der Waals surface area contributed by atoms with Gasteiger partial charge in [-0.05, 0) is 36.8 Å². The van der Waals surface area contributed by atoms with Gasteiger partial charge < -0.3 is 10.1 Å². The van der Waals surface area contributed by atoms with Crippen LogP contribution in [0, 0.1) is 12.7 Å². The van der Waals surface area contributed by atoms with Gasteiger partial charge in [0.25, 0.3) is 0 Å². The van der Waals surface area contributed by atoms with E-state index in [0.717, 1.165) is 11.3 Å². The van der Waals surface area contributed by atoms with Crippen LogP contribution in [-0.2, 0) is 6.61 Å². The second-order valence-electron chi connectivity index (χ2n) is 3.62. The molecular weight excluding hydrogens is 229 g/mol. The molecule has 0 spiro atoms. The average Bonchev–Trinajstić information content (AvgIpc) is 2.63. The van der Waals surface area contributed by atoms with Crippen LogP contribution in [0.2, 0.25) is 5.02 Å². The van der Waals surface area contributed by atoms with Crippen LogP contribution in [0.15, 0.2) is 24.3 Å². The lowest BCUT2D eigenvalue weighted by atomic mass is 10.1. The van der Waals surface area contributed by atoms with Crippen LogP contribution in [0.25, 0.3) is 11.3 Å². The van der Waals surface area contributed by atoms with Crippen LogP contribution in [0.5, 0.6) is 0 Å². The highest BCUT2D eigenvalue weighted by Crippen LogP contribution is 2.27. The van der Waals surface area contributed by atoms with Crippen molar-refractivity contribution in [3.63, 3.8) is 0 Å². The van der Waals surface area contributed by atoms with E-state index in [1.807, 2.05) is 6.92 Å². The Balaban J connectivity index is 2.53. The summed E-state index contributed by atoms with van der Waals surface area (Å²) >= 11 is 5.82. The van der Waals surface area contributed by atoms with E-state index in [2.05, 4.69) is 4.98 Å². The molecule has 0 fully saturated rings. The van der Waals surface area contributed by atoms with Gasteiger partial charge >= 0.3 is 0 Å². The molecule has 2 aromatic rings. The highest BCUT2D eigenvalue weighted by atomic mass is 35.5. The lowest BCUT2D eigenvalue weighted by Crippen LogP contribution is -1.84. The van der Waals surface area contributed by atoms with Crippen molar-refractivity contribution in [1.29, 1.82) is 0 Å². The molecule has 0 bridgehead atoms. The monoisotopic (exact) mass is 239 g/mol. The average molecular weight is 240 g/mol. The molecule has 2 rings (SSSR count). The Labute approximate surface area is 97.7 Å². The first kappa shape index (κ1) is 11.2. The van der Waals surface area contributed by atoms with Gasteiger partial charge in [-0.3, -0.25) is 0 Å². The normalized spacial score (nSPS) is 10.8. The first-order valence-electron chi connectivity index (χ1n) is 4.86. The number of aliphatic hydroxyl groups excluding tert-OH is 1. The molecule has 0 atom stereocenters. The predicted molar refractivity (Wildman–Crippen MR) is 61.9 cm³/mol. The van der Waals surface area contributed by atoms with Gasteiger partial charge in [0.2, 0.25) is 0 Å². The molecule has 1 aromatic carbocycles. The Morgan fingerprint density at radius 2 is 2.12 bits per heavy atom. The summed E-state index contributed by atoms with van der Waals surface area (Å²) in [7, 11) is 0. The molecule has 1 heterocycles. The number of H-pyrrole nitrogens is 1. The summed E-state index contributed by atoms with van der Waals surface area (Å²) in [5.41, 5.74) is 2.63. The molecule has 0 aliphatic rings. The highest BCUT2D eigenvalue weighted by molar-refractivity contribution is 6.30. The van der Waals surface area contributed by atoms with Crippen molar-refractivity contribution in [1.82, 2.24) is 4.98 Å². The van der Waals surface area contributed by atoms with Crippen LogP contribution < -0.4 is 0 Å². The topological polar surface area (TPSA) is 36.0 Å². The molecule has 0 aliphatic carbocycles. The minimum Gasteiger partial charge on any atom is -0.392 e. The van der Waals surface area contributed by atoms with Crippen LogP contribution in [0.4, 0.5) is 4.39 Å². The zero-order valence-corrected chi connectivity index (χ0v) is 9.48. The van der Waals surface area contributed by atoms with Crippen LogP contribution >= 0.6 is 11.6 Å². The first-order valence-corrected chi connectivity index (χ1v) is 5.24. The first-order chi connectivity index (χ1) is 7.61. The minimum atomic E-state index is -0.338. The molecule has 84 valence electrons. The smallest absolute Gasteiger partial charge is 0.132 e. The van der Waals surface area contributed by atoms with E-state index in [1.165, 1.54) is 12.1 Å². The highest BCUT2D eigenvalue weighted by Gasteiger charge is 2.10. The summed E-state index contributed by atoms with van der Waals surface area (Å²) in [6.07, 6.45) is 0. The number of halogens is 2. The van der Waals surface area contributed by atoms with E-state index < -0.39 is 0 Å². The summed E-state index contributed by atoms with van der Waals surface area (Å²) in [6, 6.07) is 6.11. The van der Waals surface area contributed by atoms with Crippen molar-refractivity contribution in [2.24, 2.45) is 0 Å². The molecule has 16 heavy (non-hydrogen) atoms. The molecule has 0 unspecified atom stereocenters. The van der Waals surface area contributed by atoms with Gasteiger partial charge in [-0.15, -0.1) is 0 Å². The molecular formula is C12H11ClFNO. The quantitative estimate of drug-likeness (QED) is 0.829. The molecule has 0 radical (unpaired) electrons. The van der Waals surface area contributed by atoms with Gasteiger partial charge in [0.15, 0.2) is 0 Å². The molecule has 0 saturated heterocycles. The summed E-state index contributed by atoms with van der Waals surface area (Å²) in [5, 5.41) is 9.54. The maximum atomic E-state index is 13.6. The Morgan fingerprint density at radius 3 is 2.75 bits per heavy atom. The zero-order chi connectivity index (χ0) is 11.7. The van der Waals surface area contributed by atoms with Gasteiger partial charge in [-0.2, -0.15) is 0 Å². The lowest BCUT2D eigenvalue weighted by Gasteiger charge is -2.00. The van der Waals surface area contributed by atoms with E-state index in [1.54, 1.807) is 12.1 Å². The zero-order valence-electron chi connectivity index (χ0n) is 8.72. The van der Waals surface area contributed by atoms with E-state index >= 15 is 0 Å². The number of hydrogen-bond donors (Lipinski definition) is 2. The third-order valence-corrected chi connectivity index (χ3v) is 2.75. The summed E-state index contributed by atoms with van der Waals surface area (Å²) in [5.74, 6) is -0.338. The summed E-state index contributed by atoms with van der Waals surface area (Å²) < 4.78 is 13.6. The second-order valence-corrected chi connectivity index (χ2v) is 4.05. The fourth-order valence-corrected chi connectivity index (χ4v) is 1.79. The number of benzene rings is 1. The van der Waals surface area contributed by atoms with Gasteiger partial charge in [-0.25, -0.2) is 4.39 Å². The van der Waals surface area contributed by atoms with E-state index in [9.17, 15) is 4.39 Å². The summed E-state index contributed by atoms with van der Waals surface area (Å²) in [4.78, 5) is 3.02.